The SMILES string of the molecule is CCCOc1cc(NC(C)CC(C)CC)cc([N+](=O)[O-])c1. The predicted molar refractivity (Wildman–Crippen MR) is 86.0 cm³/mol. The highest BCUT2D eigenvalue weighted by molar-refractivity contribution is 5.56. The van der Waals surface area contributed by atoms with Crippen LogP contribution >= 0.6 is 0 Å². The summed E-state index contributed by atoms with van der Waals surface area (Å²) in [7, 11) is 0. The zero-order chi connectivity index (χ0) is 15.8. The first-order valence-corrected chi connectivity index (χ1v) is 7.65. The monoisotopic (exact) mass is 294 g/mol. The van der Waals surface area contributed by atoms with Gasteiger partial charge in [0, 0.05) is 23.9 Å². The second kappa shape index (κ2) is 8.49. The van der Waals surface area contributed by atoms with Crippen LogP contribution in [-0.2, 0) is 0 Å². The maximum Gasteiger partial charge on any atom is 0.275 e. The summed E-state index contributed by atoms with van der Waals surface area (Å²) in [4.78, 5) is 10.6. The number of non-ortho nitro benzene ring substituents is 1. The predicted octanol–water partition coefficient (Wildman–Crippen LogP) is 4.62. The van der Waals surface area contributed by atoms with Crippen molar-refractivity contribution < 1.29 is 9.66 Å². The van der Waals surface area contributed by atoms with Crippen LogP contribution in [-0.4, -0.2) is 17.6 Å². The number of nitro groups is 1. The number of hydrogen-bond donors (Lipinski definition) is 1. The number of hydrogen-bond acceptors (Lipinski definition) is 4. The minimum absolute atomic E-state index is 0.0573. The highest BCUT2D eigenvalue weighted by Gasteiger charge is 2.13. The summed E-state index contributed by atoms with van der Waals surface area (Å²) in [6.07, 6.45) is 3.03. The largest absolute Gasteiger partial charge is 0.493 e. The molecule has 1 aromatic rings. The highest BCUT2D eigenvalue weighted by Crippen LogP contribution is 2.27. The maximum absolute atomic E-state index is 11.0. The average Bonchev–Trinajstić information content (AvgIpc) is 2.44. The van der Waals surface area contributed by atoms with Crippen molar-refractivity contribution in [2.24, 2.45) is 5.92 Å². The highest BCUT2D eigenvalue weighted by atomic mass is 16.6. The minimum atomic E-state index is -0.386. The first kappa shape index (κ1) is 17.3. The van der Waals surface area contributed by atoms with Gasteiger partial charge in [0.2, 0.25) is 0 Å². The molecule has 0 saturated carbocycles. The lowest BCUT2D eigenvalue weighted by molar-refractivity contribution is -0.384. The number of nitro benzene ring substituents is 1. The van der Waals surface area contributed by atoms with Crippen LogP contribution in [0.3, 0.4) is 0 Å². The van der Waals surface area contributed by atoms with Gasteiger partial charge in [-0.25, -0.2) is 0 Å². The number of rotatable bonds is 9. The molecule has 0 fully saturated rings. The Morgan fingerprint density at radius 1 is 1.29 bits per heavy atom. The van der Waals surface area contributed by atoms with E-state index in [0.717, 1.165) is 24.9 Å². The van der Waals surface area contributed by atoms with Crippen molar-refractivity contribution in [2.75, 3.05) is 11.9 Å². The van der Waals surface area contributed by atoms with Crippen LogP contribution in [0.2, 0.25) is 0 Å². The molecule has 0 aliphatic rings. The Bertz CT molecular complexity index is 463. The molecule has 0 aromatic heterocycles. The van der Waals surface area contributed by atoms with Crippen molar-refractivity contribution in [3.05, 3.63) is 28.3 Å². The van der Waals surface area contributed by atoms with Gasteiger partial charge in [0.15, 0.2) is 0 Å². The molecule has 21 heavy (non-hydrogen) atoms. The molecule has 2 atom stereocenters. The molecule has 1 rings (SSSR count). The van der Waals surface area contributed by atoms with Crippen molar-refractivity contribution >= 4 is 11.4 Å². The number of ether oxygens (including phenoxy) is 1. The van der Waals surface area contributed by atoms with Gasteiger partial charge in [0.25, 0.3) is 5.69 Å². The van der Waals surface area contributed by atoms with Gasteiger partial charge in [-0.1, -0.05) is 27.2 Å². The van der Waals surface area contributed by atoms with Gasteiger partial charge in [-0.3, -0.25) is 10.1 Å². The summed E-state index contributed by atoms with van der Waals surface area (Å²) in [5, 5.41) is 14.3. The second-order valence-electron chi connectivity index (χ2n) is 5.62. The molecule has 0 aliphatic carbocycles. The quantitative estimate of drug-likeness (QED) is 0.533. The van der Waals surface area contributed by atoms with E-state index in [0.29, 0.717) is 18.3 Å². The summed E-state index contributed by atoms with van der Waals surface area (Å²) < 4.78 is 5.53. The number of nitrogens with zero attached hydrogens (tertiary/aromatic N) is 1. The van der Waals surface area contributed by atoms with Gasteiger partial charge in [-0.05, 0) is 25.7 Å². The molecule has 5 nitrogen and oxygen atoms in total. The van der Waals surface area contributed by atoms with Crippen LogP contribution in [0.4, 0.5) is 11.4 Å². The molecule has 0 aliphatic heterocycles. The summed E-state index contributed by atoms with van der Waals surface area (Å²) in [6, 6.07) is 5.13. The topological polar surface area (TPSA) is 64.4 Å². The molecular formula is C16H26N2O3. The van der Waals surface area contributed by atoms with E-state index in [-0.39, 0.29) is 16.7 Å². The molecule has 5 heteroatoms. The van der Waals surface area contributed by atoms with E-state index in [1.165, 1.54) is 6.07 Å². The second-order valence-corrected chi connectivity index (χ2v) is 5.62. The van der Waals surface area contributed by atoms with Crippen molar-refractivity contribution in [3.8, 4) is 5.75 Å². The van der Waals surface area contributed by atoms with Crippen molar-refractivity contribution in [1.82, 2.24) is 0 Å². The lowest BCUT2D eigenvalue weighted by atomic mass is 10.0. The third kappa shape index (κ3) is 6.02. The zero-order valence-corrected chi connectivity index (χ0v) is 13.4. The van der Waals surface area contributed by atoms with Gasteiger partial charge in [-0.2, -0.15) is 0 Å². The fourth-order valence-corrected chi connectivity index (χ4v) is 2.19. The molecule has 0 amide bonds. The van der Waals surface area contributed by atoms with E-state index in [2.05, 4.69) is 26.1 Å². The van der Waals surface area contributed by atoms with E-state index in [9.17, 15) is 10.1 Å². The molecule has 2 unspecified atom stereocenters. The first-order valence-electron chi connectivity index (χ1n) is 7.65. The van der Waals surface area contributed by atoms with E-state index in [1.807, 2.05) is 13.0 Å². The lowest BCUT2D eigenvalue weighted by Crippen LogP contribution is -2.18. The fraction of sp³-hybridized carbons (Fsp3) is 0.625. The lowest BCUT2D eigenvalue weighted by Gasteiger charge is -2.19. The Hall–Kier alpha value is -1.78. The molecule has 0 saturated heterocycles. The molecule has 1 aromatic carbocycles. The molecule has 0 bridgehead atoms. The van der Waals surface area contributed by atoms with Crippen LogP contribution < -0.4 is 10.1 Å². The smallest absolute Gasteiger partial charge is 0.275 e. The third-order valence-electron chi connectivity index (χ3n) is 3.44. The van der Waals surface area contributed by atoms with Crippen LogP contribution in [0.5, 0.6) is 5.75 Å². The minimum Gasteiger partial charge on any atom is -0.493 e. The Morgan fingerprint density at radius 3 is 2.57 bits per heavy atom. The maximum atomic E-state index is 11.0. The number of anilines is 1. The molecule has 0 spiro atoms. The summed E-state index contributed by atoms with van der Waals surface area (Å²) >= 11 is 0. The van der Waals surface area contributed by atoms with Crippen LogP contribution in [0.15, 0.2) is 18.2 Å². The van der Waals surface area contributed by atoms with Crippen molar-refractivity contribution in [2.45, 2.75) is 53.0 Å². The van der Waals surface area contributed by atoms with E-state index in [1.54, 1.807) is 6.07 Å². The Labute approximate surface area is 126 Å². The van der Waals surface area contributed by atoms with E-state index in [4.69, 9.17) is 4.74 Å². The van der Waals surface area contributed by atoms with Gasteiger partial charge >= 0.3 is 0 Å². The molecule has 1 N–H and O–H groups in total. The van der Waals surface area contributed by atoms with E-state index >= 15 is 0 Å². The number of benzene rings is 1. The number of nitrogens with one attached hydrogen (secondary N) is 1. The van der Waals surface area contributed by atoms with Crippen molar-refractivity contribution in [1.29, 1.82) is 0 Å². The third-order valence-corrected chi connectivity index (χ3v) is 3.44. The average molecular weight is 294 g/mol. The molecule has 118 valence electrons. The van der Waals surface area contributed by atoms with Gasteiger partial charge in [-0.15, -0.1) is 0 Å². The van der Waals surface area contributed by atoms with Crippen LogP contribution in [0.1, 0.15) is 47.0 Å². The molecular weight excluding hydrogens is 268 g/mol. The summed E-state index contributed by atoms with van der Waals surface area (Å²) in [5.74, 6) is 1.17. The zero-order valence-electron chi connectivity index (χ0n) is 13.4. The Kier molecular flexibility index (Phi) is 6.99. The standard InChI is InChI=1S/C16H26N2O3/c1-5-7-21-16-10-14(9-15(11-16)18(19)20)17-13(4)8-12(3)6-2/h9-13,17H,5-8H2,1-4H3. The van der Waals surface area contributed by atoms with Crippen molar-refractivity contribution in [3.63, 3.8) is 0 Å². The van der Waals surface area contributed by atoms with Crippen LogP contribution in [0, 0.1) is 16.0 Å². The first-order chi connectivity index (χ1) is 9.96. The van der Waals surface area contributed by atoms with Gasteiger partial charge < -0.3 is 10.1 Å². The van der Waals surface area contributed by atoms with Crippen LogP contribution in [0.25, 0.3) is 0 Å². The van der Waals surface area contributed by atoms with Gasteiger partial charge in [0.05, 0.1) is 17.6 Å². The fourth-order valence-electron chi connectivity index (χ4n) is 2.19. The summed E-state index contributed by atoms with van der Waals surface area (Å²) in [6.45, 7) is 9.04. The van der Waals surface area contributed by atoms with E-state index < -0.39 is 0 Å². The van der Waals surface area contributed by atoms with Gasteiger partial charge in [0.1, 0.15) is 5.75 Å². The molecule has 0 radical (unpaired) electrons. The summed E-state index contributed by atoms with van der Waals surface area (Å²) in [5.41, 5.74) is 0.799. The Balaban J connectivity index is 2.84. The molecule has 0 heterocycles. The normalized spacial score (nSPS) is 13.5. The Morgan fingerprint density at radius 2 is 2.00 bits per heavy atom.